The minimum atomic E-state index is -0.510. The predicted molar refractivity (Wildman–Crippen MR) is 92.2 cm³/mol. The molecular weight excluding hydrogens is 332 g/mol. The van der Waals surface area contributed by atoms with Gasteiger partial charge in [0.05, 0.1) is 6.61 Å². The van der Waals surface area contributed by atoms with Gasteiger partial charge in [-0.05, 0) is 39.0 Å². The molecule has 0 aliphatic carbocycles. The zero-order valence-corrected chi connectivity index (χ0v) is 15.5. The summed E-state index contributed by atoms with van der Waals surface area (Å²) in [5.74, 6) is 0. The molecule has 1 atom stereocenters. The van der Waals surface area contributed by atoms with Crippen molar-refractivity contribution in [2.75, 3.05) is 11.9 Å². The first-order chi connectivity index (χ1) is 10.2. The highest BCUT2D eigenvalue weighted by molar-refractivity contribution is 9.09. The van der Waals surface area contributed by atoms with Crippen LogP contribution in [-0.4, -0.2) is 24.2 Å². The van der Waals surface area contributed by atoms with Gasteiger partial charge in [0.2, 0.25) is 0 Å². The molecule has 0 saturated carbocycles. The SMILES string of the molecule is CCCCCCCCCC(C)OC(=O)OCCCCCBr. The third-order valence-corrected chi connectivity index (χ3v) is 4.07. The van der Waals surface area contributed by atoms with Gasteiger partial charge in [-0.3, -0.25) is 0 Å². The number of unbranched alkanes of at least 4 members (excludes halogenated alkanes) is 8. The maximum atomic E-state index is 11.4. The quantitative estimate of drug-likeness (QED) is 0.208. The summed E-state index contributed by atoms with van der Waals surface area (Å²) in [5, 5.41) is 1.01. The van der Waals surface area contributed by atoms with Gasteiger partial charge in [0, 0.05) is 5.33 Å². The second kappa shape index (κ2) is 16.1. The van der Waals surface area contributed by atoms with E-state index >= 15 is 0 Å². The largest absolute Gasteiger partial charge is 0.508 e. The van der Waals surface area contributed by atoms with Crippen molar-refractivity contribution in [1.82, 2.24) is 0 Å². The van der Waals surface area contributed by atoms with Gasteiger partial charge < -0.3 is 9.47 Å². The molecule has 0 aliphatic rings. The van der Waals surface area contributed by atoms with Crippen molar-refractivity contribution in [3.05, 3.63) is 0 Å². The summed E-state index contributed by atoms with van der Waals surface area (Å²) in [4.78, 5) is 11.4. The summed E-state index contributed by atoms with van der Waals surface area (Å²) in [6.45, 7) is 4.65. The summed E-state index contributed by atoms with van der Waals surface area (Å²) in [6, 6.07) is 0. The van der Waals surface area contributed by atoms with Crippen LogP contribution in [0.1, 0.15) is 84.5 Å². The summed E-state index contributed by atoms with van der Waals surface area (Å²) in [5.41, 5.74) is 0. The minimum Gasteiger partial charge on any atom is -0.434 e. The third kappa shape index (κ3) is 16.0. The van der Waals surface area contributed by atoms with E-state index in [9.17, 15) is 4.79 Å². The Morgan fingerprint density at radius 3 is 2.24 bits per heavy atom. The summed E-state index contributed by atoms with van der Waals surface area (Å²) < 4.78 is 10.3. The molecule has 0 spiro atoms. The van der Waals surface area contributed by atoms with Crippen LogP contribution in [0.2, 0.25) is 0 Å². The van der Waals surface area contributed by atoms with Crippen LogP contribution in [0.25, 0.3) is 0 Å². The summed E-state index contributed by atoms with van der Waals surface area (Å²) >= 11 is 3.38. The number of carbonyl (C=O) groups is 1. The summed E-state index contributed by atoms with van der Waals surface area (Å²) in [7, 11) is 0. The molecule has 0 saturated heterocycles. The number of hydrogen-bond donors (Lipinski definition) is 0. The van der Waals surface area contributed by atoms with Crippen LogP contribution in [0.5, 0.6) is 0 Å². The Bertz CT molecular complexity index is 234. The molecule has 0 aromatic rings. The van der Waals surface area contributed by atoms with Crippen LogP contribution in [0.15, 0.2) is 0 Å². The molecule has 3 nitrogen and oxygen atoms in total. The molecule has 0 heterocycles. The molecule has 0 rings (SSSR count). The first kappa shape index (κ1) is 20.8. The third-order valence-electron chi connectivity index (χ3n) is 3.51. The van der Waals surface area contributed by atoms with Crippen LogP contribution in [0.3, 0.4) is 0 Å². The second-order valence-electron chi connectivity index (χ2n) is 5.69. The molecule has 4 heteroatoms. The first-order valence-electron chi connectivity index (χ1n) is 8.60. The number of halogens is 1. The molecule has 0 bridgehead atoms. The van der Waals surface area contributed by atoms with Crippen molar-refractivity contribution >= 4 is 22.1 Å². The number of ether oxygens (including phenoxy) is 2. The molecule has 0 aliphatic heterocycles. The molecule has 0 amide bonds. The van der Waals surface area contributed by atoms with E-state index in [2.05, 4.69) is 22.9 Å². The van der Waals surface area contributed by atoms with Crippen LogP contribution in [-0.2, 0) is 9.47 Å². The van der Waals surface area contributed by atoms with Crippen molar-refractivity contribution in [2.45, 2.75) is 90.6 Å². The molecule has 126 valence electrons. The predicted octanol–water partition coefficient (Wildman–Crippen LogP) is 6.23. The average molecular weight is 365 g/mol. The lowest BCUT2D eigenvalue weighted by Gasteiger charge is -2.13. The van der Waals surface area contributed by atoms with Gasteiger partial charge in [0.15, 0.2) is 0 Å². The van der Waals surface area contributed by atoms with Gasteiger partial charge in [-0.15, -0.1) is 0 Å². The first-order valence-corrected chi connectivity index (χ1v) is 9.72. The highest BCUT2D eigenvalue weighted by atomic mass is 79.9. The van der Waals surface area contributed by atoms with Gasteiger partial charge in [-0.25, -0.2) is 4.79 Å². The van der Waals surface area contributed by atoms with E-state index in [4.69, 9.17) is 9.47 Å². The van der Waals surface area contributed by atoms with Crippen LogP contribution < -0.4 is 0 Å². The number of hydrogen-bond acceptors (Lipinski definition) is 3. The van der Waals surface area contributed by atoms with Crippen molar-refractivity contribution in [3.63, 3.8) is 0 Å². The van der Waals surface area contributed by atoms with Crippen LogP contribution >= 0.6 is 15.9 Å². The lowest BCUT2D eigenvalue weighted by molar-refractivity contribution is 0.0252. The summed E-state index contributed by atoms with van der Waals surface area (Å²) in [6.07, 6.45) is 12.5. The lowest BCUT2D eigenvalue weighted by Crippen LogP contribution is -2.16. The van der Waals surface area contributed by atoms with Crippen LogP contribution in [0.4, 0.5) is 4.79 Å². The van der Waals surface area contributed by atoms with Crippen molar-refractivity contribution in [2.24, 2.45) is 0 Å². The molecule has 0 aromatic heterocycles. The van der Waals surface area contributed by atoms with E-state index < -0.39 is 6.16 Å². The van der Waals surface area contributed by atoms with E-state index in [1.54, 1.807) is 0 Å². The lowest BCUT2D eigenvalue weighted by atomic mass is 10.1. The van der Waals surface area contributed by atoms with E-state index in [-0.39, 0.29) is 6.10 Å². The molecule has 21 heavy (non-hydrogen) atoms. The normalized spacial score (nSPS) is 12.1. The molecular formula is C17H33BrO3. The van der Waals surface area contributed by atoms with E-state index in [0.717, 1.165) is 37.4 Å². The molecule has 1 unspecified atom stereocenters. The fourth-order valence-electron chi connectivity index (χ4n) is 2.17. The second-order valence-corrected chi connectivity index (χ2v) is 6.48. The van der Waals surface area contributed by atoms with Gasteiger partial charge in [-0.1, -0.05) is 61.4 Å². The Morgan fingerprint density at radius 1 is 0.952 bits per heavy atom. The Morgan fingerprint density at radius 2 is 1.57 bits per heavy atom. The average Bonchev–Trinajstić information content (AvgIpc) is 2.46. The van der Waals surface area contributed by atoms with Gasteiger partial charge in [0.25, 0.3) is 0 Å². The van der Waals surface area contributed by atoms with Crippen molar-refractivity contribution < 1.29 is 14.3 Å². The molecule has 0 aromatic carbocycles. The Kier molecular flexibility index (Phi) is 15.9. The monoisotopic (exact) mass is 364 g/mol. The Balaban J connectivity index is 3.35. The topological polar surface area (TPSA) is 35.5 Å². The maximum absolute atomic E-state index is 11.4. The highest BCUT2D eigenvalue weighted by Crippen LogP contribution is 2.11. The Labute approximate surface area is 139 Å². The maximum Gasteiger partial charge on any atom is 0.508 e. The standard InChI is InChI=1S/C17H33BrO3/c1-3-4-5-6-7-8-10-13-16(2)21-17(19)20-15-12-9-11-14-18/h16H,3-15H2,1-2H3. The zero-order valence-electron chi connectivity index (χ0n) is 13.9. The molecule has 0 N–H and O–H groups in total. The number of alkyl halides is 1. The van der Waals surface area contributed by atoms with E-state index in [1.807, 2.05) is 6.92 Å². The van der Waals surface area contributed by atoms with Gasteiger partial charge in [0.1, 0.15) is 6.10 Å². The zero-order chi connectivity index (χ0) is 15.8. The number of rotatable bonds is 14. The van der Waals surface area contributed by atoms with Gasteiger partial charge in [-0.2, -0.15) is 0 Å². The smallest absolute Gasteiger partial charge is 0.434 e. The fraction of sp³-hybridized carbons (Fsp3) is 0.941. The van der Waals surface area contributed by atoms with E-state index in [1.165, 1.54) is 38.5 Å². The molecule has 0 radical (unpaired) electrons. The van der Waals surface area contributed by atoms with Gasteiger partial charge >= 0.3 is 6.16 Å². The Hall–Kier alpha value is -0.250. The van der Waals surface area contributed by atoms with Crippen molar-refractivity contribution in [1.29, 1.82) is 0 Å². The fourth-order valence-corrected chi connectivity index (χ4v) is 2.57. The highest BCUT2D eigenvalue weighted by Gasteiger charge is 2.10. The minimum absolute atomic E-state index is 0.0318. The number of carbonyl (C=O) groups excluding carboxylic acids is 1. The van der Waals surface area contributed by atoms with Crippen molar-refractivity contribution in [3.8, 4) is 0 Å². The van der Waals surface area contributed by atoms with E-state index in [0.29, 0.717) is 6.61 Å². The molecule has 0 fully saturated rings. The van der Waals surface area contributed by atoms with Crippen LogP contribution in [0, 0.1) is 0 Å².